The van der Waals surface area contributed by atoms with Crippen molar-refractivity contribution in [2.75, 3.05) is 14.1 Å². The molecule has 0 unspecified atom stereocenters. The molecule has 0 aromatic heterocycles. The predicted molar refractivity (Wildman–Crippen MR) is 93.9 cm³/mol. The van der Waals surface area contributed by atoms with Crippen molar-refractivity contribution in [2.24, 2.45) is 5.92 Å². The third kappa shape index (κ3) is 5.48. The number of carbonyl (C=O) groups is 1. The monoisotopic (exact) mass is 446 g/mol. The molecule has 158 valence electrons. The minimum atomic E-state index is -4.25. The van der Waals surface area contributed by atoms with Gasteiger partial charge in [-0.05, 0) is 31.7 Å². The summed E-state index contributed by atoms with van der Waals surface area (Å²) in [4.78, 5) is 12.0. The highest BCUT2D eigenvalue weighted by molar-refractivity contribution is 7.87. The molecule has 0 aliphatic heterocycles. The lowest BCUT2D eigenvalue weighted by Crippen LogP contribution is -2.39. The van der Waals surface area contributed by atoms with Gasteiger partial charge in [-0.2, -0.15) is 25.9 Å². The molecule has 1 N–H and O–H groups in total. The van der Waals surface area contributed by atoms with Crippen molar-refractivity contribution in [1.29, 1.82) is 0 Å². The topological polar surface area (TPSA) is 75.7 Å². The molecule has 1 aromatic rings. The van der Waals surface area contributed by atoms with Crippen LogP contribution in [-0.2, 0) is 10.2 Å². The number of rotatable bonds is 5. The number of hydrogen-bond donors (Lipinski definition) is 1. The first-order valence-corrected chi connectivity index (χ1v) is 10.1. The SMILES string of the molecule is CN(C)S(=O)(=O)NC(=O)c1cc(Cl)c(O[C@H]2CC[C@H](C(F)(F)F)CC2)cc1F. The standard InChI is InChI=1S/C16H19ClF4N2O4S/c1-23(2)28(25,26)22-15(24)11-7-12(17)14(8-13(11)18)27-10-5-3-9(4-6-10)16(19,20)21/h7-10H,3-6H2,1-2H3,(H,22,24)/t9-,10-. The summed E-state index contributed by atoms with van der Waals surface area (Å²) in [6, 6.07) is 1.73. The van der Waals surface area contributed by atoms with Crippen molar-refractivity contribution < 1.29 is 35.5 Å². The highest BCUT2D eigenvalue weighted by Gasteiger charge is 2.41. The maximum atomic E-state index is 14.3. The van der Waals surface area contributed by atoms with Crippen LogP contribution in [-0.4, -0.2) is 45.0 Å². The molecule has 1 saturated carbocycles. The lowest BCUT2D eigenvalue weighted by molar-refractivity contribution is -0.185. The van der Waals surface area contributed by atoms with Gasteiger partial charge in [-0.1, -0.05) is 11.6 Å². The Kier molecular flexibility index (Phi) is 6.82. The fraction of sp³-hybridized carbons (Fsp3) is 0.562. The van der Waals surface area contributed by atoms with Crippen LogP contribution in [0.2, 0.25) is 5.02 Å². The molecule has 0 radical (unpaired) electrons. The quantitative estimate of drug-likeness (QED) is 0.702. The molecule has 12 heteroatoms. The number of alkyl halides is 3. The first kappa shape index (κ1) is 22.7. The van der Waals surface area contributed by atoms with Crippen LogP contribution in [0.4, 0.5) is 17.6 Å². The van der Waals surface area contributed by atoms with Gasteiger partial charge in [-0.15, -0.1) is 0 Å². The summed E-state index contributed by atoms with van der Waals surface area (Å²) in [6.45, 7) is 0. The Labute approximate surface area is 165 Å². The number of hydrogen-bond acceptors (Lipinski definition) is 4. The number of nitrogens with one attached hydrogen (secondary N) is 1. The Hall–Kier alpha value is -1.59. The molecule has 0 saturated heterocycles. The van der Waals surface area contributed by atoms with Crippen molar-refractivity contribution in [3.63, 3.8) is 0 Å². The molecular weight excluding hydrogens is 428 g/mol. The normalized spacial score (nSPS) is 20.9. The van der Waals surface area contributed by atoms with Crippen LogP contribution in [0.3, 0.4) is 0 Å². The van der Waals surface area contributed by atoms with E-state index >= 15 is 0 Å². The zero-order valence-corrected chi connectivity index (χ0v) is 16.6. The molecule has 1 aliphatic carbocycles. The molecule has 2 rings (SSSR count). The van der Waals surface area contributed by atoms with Gasteiger partial charge < -0.3 is 4.74 Å². The van der Waals surface area contributed by atoms with Gasteiger partial charge in [0.2, 0.25) is 0 Å². The van der Waals surface area contributed by atoms with Crippen molar-refractivity contribution in [2.45, 2.75) is 38.0 Å². The van der Waals surface area contributed by atoms with Crippen LogP contribution in [0.15, 0.2) is 12.1 Å². The Bertz CT molecular complexity index is 838. The van der Waals surface area contributed by atoms with Gasteiger partial charge >= 0.3 is 16.4 Å². The third-order valence-corrected chi connectivity index (χ3v) is 6.10. The van der Waals surface area contributed by atoms with E-state index < -0.39 is 45.7 Å². The maximum Gasteiger partial charge on any atom is 0.391 e. The number of benzene rings is 1. The van der Waals surface area contributed by atoms with Gasteiger partial charge in [-0.25, -0.2) is 9.11 Å². The number of ether oxygens (including phenoxy) is 1. The molecule has 28 heavy (non-hydrogen) atoms. The highest BCUT2D eigenvalue weighted by atomic mass is 35.5. The van der Waals surface area contributed by atoms with Crippen molar-refractivity contribution in [3.05, 3.63) is 28.5 Å². The molecule has 0 spiro atoms. The smallest absolute Gasteiger partial charge is 0.391 e. The second kappa shape index (κ2) is 8.42. The largest absolute Gasteiger partial charge is 0.489 e. The number of nitrogens with zero attached hydrogens (tertiary/aromatic N) is 1. The molecule has 0 bridgehead atoms. The van der Waals surface area contributed by atoms with E-state index in [0.717, 1.165) is 16.4 Å². The van der Waals surface area contributed by atoms with Crippen LogP contribution in [0.5, 0.6) is 5.75 Å². The van der Waals surface area contributed by atoms with Crippen LogP contribution in [0.25, 0.3) is 0 Å². The summed E-state index contributed by atoms with van der Waals surface area (Å²) in [6.07, 6.45) is -4.76. The maximum absolute atomic E-state index is 14.3. The van der Waals surface area contributed by atoms with E-state index in [4.69, 9.17) is 16.3 Å². The first-order valence-electron chi connectivity index (χ1n) is 8.28. The van der Waals surface area contributed by atoms with Gasteiger partial charge in [0.15, 0.2) is 0 Å². The third-order valence-electron chi connectivity index (χ3n) is 4.40. The Morgan fingerprint density at radius 2 is 1.79 bits per heavy atom. The molecule has 6 nitrogen and oxygen atoms in total. The van der Waals surface area contributed by atoms with Gasteiger partial charge in [-0.3, -0.25) is 4.79 Å². The summed E-state index contributed by atoms with van der Waals surface area (Å²) in [5.41, 5.74) is -0.608. The van der Waals surface area contributed by atoms with Crippen LogP contribution in [0.1, 0.15) is 36.0 Å². The van der Waals surface area contributed by atoms with Gasteiger partial charge in [0.05, 0.1) is 22.6 Å². The van der Waals surface area contributed by atoms with Crippen LogP contribution < -0.4 is 9.46 Å². The lowest BCUT2D eigenvalue weighted by Gasteiger charge is -2.30. The predicted octanol–water partition coefficient (Wildman–Crippen LogP) is 3.52. The molecule has 0 heterocycles. The summed E-state index contributed by atoms with van der Waals surface area (Å²) in [7, 11) is -1.76. The van der Waals surface area contributed by atoms with Crippen LogP contribution >= 0.6 is 11.6 Å². The molecule has 1 fully saturated rings. The van der Waals surface area contributed by atoms with E-state index in [1.807, 2.05) is 0 Å². The molecule has 1 amide bonds. The van der Waals surface area contributed by atoms with E-state index in [2.05, 4.69) is 0 Å². The average Bonchev–Trinajstić information content (AvgIpc) is 2.57. The van der Waals surface area contributed by atoms with Gasteiger partial charge in [0.1, 0.15) is 11.6 Å². The van der Waals surface area contributed by atoms with Gasteiger partial charge in [0, 0.05) is 20.2 Å². The summed E-state index contributed by atoms with van der Waals surface area (Å²) >= 11 is 5.99. The van der Waals surface area contributed by atoms with E-state index in [1.165, 1.54) is 14.1 Å². The number of carbonyl (C=O) groups excluding carboxylic acids is 1. The van der Waals surface area contributed by atoms with E-state index in [0.29, 0.717) is 0 Å². The Balaban J connectivity index is 2.09. The molecule has 1 aliphatic rings. The summed E-state index contributed by atoms with van der Waals surface area (Å²) in [5, 5.41) is -0.160. The minimum absolute atomic E-state index is 0.100. The Morgan fingerprint density at radius 1 is 1.21 bits per heavy atom. The van der Waals surface area contributed by atoms with Crippen molar-refractivity contribution >= 4 is 27.7 Å². The van der Waals surface area contributed by atoms with Crippen LogP contribution in [0, 0.1) is 11.7 Å². The second-order valence-electron chi connectivity index (χ2n) is 6.61. The lowest BCUT2D eigenvalue weighted by atomic mass is 9.87. The number of amides is 1. The minimum Gasteiger partial charge on any atom is -0.489 e. The summed E-state index contributed by atoms with van der Waals surface area (Å²) in [5.74, 6) is -3.80. The average molecular weight is 447 g/mol. The van der Waals surface area contributed by atoms with Crippen molar-refractivity contribution in [1.82, 2.24) is 9.03 Å². The Morgan fingerprint density at radius 3 is 2.29 bits per heavy atom. The number of halogens is 5. The molecule has 1 aromatic carbocycles. The van der Waals surface area contributed by atoms with E-state index in [1.54, 1.807) is 4.72 Å². The van der Waals surface area contributed by atoms with Gasteiger partial charge in [0.25, 0.3) is 5.91 Å². The fourth-order valence-electron chi connectivity index (χ4n) is 2.74. The zero-order valence-electron chi connectivity index (χ0n) is 15.0. The fourth-order valence-corrected chi connectivity index (χ4v) is 3.48. The zero-order chi connectivity index (χ0) is 21.3. The highest BCUT2D eigenvalue weighted by Crippen LogP contribution is 2.39. The van der Waals surface area contributed by atoms with E-state index in [-0.39, 0.29) is 36.5 Å². The molecular formula is C16H19ClF4N2O4S. The second-order valence-corrected chi connectivity index (χ2v) is 8.91. The summed E-state index contributed by atoms with van der Waals surface area (Å²) < 4.78 is 83.6. The van der Waals surface area contributed by atoms with E-state index in [9.17, 15) is 30.8 Å². The first-order chi connectivity index (χ1) is 12.8. The molecule has 0 atom stereocenters. The van der Waals surface area contributed by atoms with Crippen molar-refractivity contribution in [3.8, 4) is 5.75 Å².